The van der Waals surface area contributed by atoms with Gasteiger partial charge in [0.1, 0.15) is 5.54 Å². The Morgan fingerprint density at radius 3 is 2.36 bits per heavy atom. The van der Waals surface area contributed by atoms with Crippen LogP contribution in [0.15, 0.2) is 0 Å². The first-order chi connectivity index (χ1) is 5.37. The van der Waals surface area contributed by atoms with Crippen LogP contribution in [0.5, 0.6) is 0 Å². The van der Waals surface area contributed by atoms with E-state index in [0.29, 0.717) is 0 Å². The Kier molecular flexibility index (Phi) is 1.59. The molecule has 0 spiro atoms. The van der Waals surface area contributed by atoms with Gasteiger partial charge >= 0.3 is 0 Å². The topological polar surface area (TPSA) is 39.1 Å². The van der Waals surface area contributed by atoms with E-state index in [2.05, 4.69) is 16.3 Å². The molecule has 0 bridgehead atoms. The number of nitriles is 1. The van der Waals surface area contributed by atoms with E-state index >= 15 is 0 Å². The van der Waals surface area contributed by atoms with Gasteiger partial charge in [0.25, 0.3) is 0 Å². The summed E-state index contributed by atoms with van der Waals surface area (Å²) >= 11 is 0. The maximum atomic E-state index is 8.90. The van der Waals surface area contributed by atoms with Crippen LogP contribution in [0.4, 0.5) is 0 Å². The van der Waals surface area contributed by atoms with E-state index in [9.17, 15) is 0 Å². The molecule has 0 unspecified atom stereocenters. The fraction of sp³-hybridized carbons (Fsp3) is 0.875. The van der Waals surface area contributed by atoms with Crippen LogP contribution in [0.2, 0.25) is 0 Å². The molecule has 1 heterocycles. The molecular formula is C8H13N3. The number of hydrogen-bond acceptors (Lipinski definition) is 3. The third kappa shape index (κ3) is 1.13. The molecule has 0 radical (unpaired) electrons. The van der Waals surface area contributed by atoms with E-state index in [1.807, 2.05) is 0 Å². The number of rotatable bonds is 1. The zero-order valence-corrected chi connectivity index (χ0v) is 6.64. The van der Waals surface area contributed by atoms with Gasteiger partial charge in [0.05, 0.1) is 6.07 Å². The highest BCUT2D eigenvalue weighted by molar-refractivity contribution is 5.19. The van der Waals surface area contributed by atoms with Crippen molar-refractivity contribution >= 4 is 0 Å². The number of piperazine rings is 1. The lowest BCUT2D eigenvalue weighted by molar-refractivity contribution is 0.192. The zero-order valence-electron chi connectivity index (χ0n) is 6.64. The standard InChI is InChI=1S/C8H13N3/c9-7-8(1-2-8)11-5-3-10-4-6-11/h10H,1-6H2. The second-order valence-electron chi connectivity index (χ2n) is 3.38. The fourth-order valence-corrected chi connectivity index (χ4v) is 1.71. The van der Waals surface area contributed by atoms with Crippen molar-refractivity contribution in [3.8, 4) is 6.07 Å². The number of hydrogen-bond donors (Lipinski definition) is 1. The summed E-state index contributed by atoms with van der Waals surface area (Å²) in [6.07, 6.45) is 2.17. The minimum Gasteiger partial charge on any atom is -0.314 e. The summed E-state index contributed by atoms with van der Waals surface area (Å²) in [7, 11) is 0. The summed E-state index contributed by atoms with van der Waals surface area (Å²) in [5.41, 5.74) is -0.0396. The Hall–Kier alpha value is -0.590. The second kappa shape index (κ2) is 2.47. The van der Waals surface area contributed by atoms with Crippen LogP contribution < -0.4 is 5.32 Å². The van der Waals surface area contributed by atoms with Crippen LogP contribution in [-0.4, -0.2) is 36.6 Å². The Morgan fingerprint density at radius 1 is 1.27 bits per heavy atom. The predicted molar refractivity (Wildman–Crippen MR) is 42.0 cm³/mol. The van der Waals surface area contributed by atoms with Crippen LogP contribution in [0.1, 0.15) is 12.8 Å². The minimum atomic E-state index is -0.0396. The average molecular weight is 151 g/mol. The molecule has 0 aromatic heterocycles. The molecule has 1 N–H and O–H groups in total. The molecule has 11 heavy (non-hydrogen) atoms. The predicted octanol–water partition coefficient (Wildman–Crippen LogP) is -0.0522. The molecule has 1 aliphatic heterocycles. The molecule has 2 aliphatic rings. The SMILES string of the molecule is N#CC1(N2CCNCC2)CC1. The first kappa shape index (κ1) is 7.08. The van der Waals surface area contributed by atoms with Crippen molar-refractivity contribution < 1.29 is 0 Å². The lowest BCUT2D eigenvalue weighted by atomic mass is 10.2. The molecule has 1 aliphatic carbocycles. The molecule has 0 atom stereocenters. The zero-order chi connectivity index (χ0) is 7.73. The fourth-order valence-electron chi connectivity index (χ4n) is 1.71. The molecular weight excluding hydrogens is 138 g/mol. The normalized spacial score (nSPS) is 29.4. The van der Waals surface area contributed by atoms with Gasteiger partial charge in [-0.3, -0.25) is 4.90 Å². The minimum absolute atomic E-state index is 0.0396. The van der Waals surface area contributed by atoms with E-state index in [-0.39, 0.29) is 5.54 Å². The number of nitrogens with one attached hydrogen (secondary N) is 1. The summed E-state index contributed by atoms with van der Waals surface area (Å²) in [5, 5.41) is 12.2. The molecule has 1 saturated carbocycles. The molecule has 3 nitrogen and oxygen atoms in total. The first-order valence-corrected chi connectivity index (χ1v) is 4.24. The van der Waals surface area contributed by atoms with Gasteiger partial charge in [-0.05, 0) is 12.8 Å². The monoisotopic (exact) mass is 151 g/mol. The third-order valence-electron chi connectivity index (χ3n) is 2.65. The van der Waals surface area contributed by atoms with Crippen LogP contribution in [0.3, 0.4) is 0 Å². The highest BCUT2D eigenvalue weighted by atomic mass is 15.3. The van der Waals surface area contributed by atoms with Crippen LogP contribution in [0, 0.1) is 11.3 Å². The van der Waals surface area contributed by atoms with Crippen LogP contribution >= 0.6 is 0 Å². The van der Waals surface area contributed by atoms with Crippen molar-refractivity contribution in [2.24, 2.45) is 0 Å². The van der Waals surface area contributed by atoms with E-state index in [1.165, 1.54) is 0 Å². The third-order valence-corrected chi connectivity index (χ3v) is 2.65. The van der Waals surface area contributed by atoms with Gasteiger partial charge in [-0.1, -0.05) is 0 Å². The van der Waals surface area contributed by atoms with Crippen LogP contribution in [-0.2, 0) is 0 Å². The summed E-state index contributed by atoms with van der Waals surface area (Å²) in [6, 6.07) is 2.42. The largest absolute Gasteiger partial charge is 0.314 e. The van der Waals surface area contributed by atoms with Gasteiger partial charge in [-0.25, -0.2) is 0 Å². The molecule has 2 rings (SSSR count). The summed E-state index contributed by atoms with van der Waals surface area (Å²) in [4.78, 5) is 2.32. The second-order valence-corrected chi connectivity index (χ2v) is 3.38. The van der Waals surface area contributed by atoms with Crippen LogP contribution in [0.25, 0.3) is 0 Å². The maximum Gasteiger partial charge on any atom is 0.109 e. The highest BCUT2D eigenvalue weighted by Gasteiger charge is 2.48. The van der Waals surface area contributed by atoms with Gasteiger partial charge in [0.15, 0.2) is 0 Å². The Bertz CT molecular complexity index is 184. The Labute approximate surface area is 67.0 Å². The maximum absolute atomic E-state index is 8.90. The average Bonchev–Trinajstić information content (AvgIpc) is 2.86. The molecule has 1 saturated heterocycles. The molecule has 0 amide bonds. The van der Waals surface area contributed by atoms with Gasteiger partial charge in [0, 0.05) is 26.2 Å². The summed E-state index contributed by atoms with van der Waals surface area (Å²) < 4.78 is 0. The molecule has 2 fully saturated rings. The Balaban J connectivity index is 1.99. The van der Waals surface area contributed by atoms with E-state index in [4.69, 9.17) is 5.26 Å². The summed E-state index contributed by atoms with van der Waals surface area (Å²) in [6.45, 7) is 4.19. The molecule has 0 aromatic rings. The van der Waals surface area contributed by atoms with E-state index < -0.39 is 0 Å². The molecule has 0 aromatic carbocycles. The van der Waals surface area contributed by atoms with Crippen molar-refractivity contribution in [3.05, 3.63) is 0 Å². The van der Waals surface area contributed by atoms with Crippen molar-refractivity contribution in [1.29, 1.82) is 5.26 Å². The lowest BCUT2D eigenvalue weighted by Crippen LogP contribution is -2.49. The van der Waals surface area contributed by atoms with Crippen molar-refractivity contribution in [2.45, 2.75) is 18.4 Å². The number of nitrogens with zero attached hydrogens (tertiary/aromatic N) is 2. The van der Waals surface area contributed by atoms with Gasteiger partial charge in [-0.2, -0.15) is 5.26 Å². The van der Waals surface area contributed by atoms with E-state index in [0.717, 1.165) is 39.0 Å². The quantitative estimate of drug-likeness (QED) is 0.571. The van der Waals surface area contributed by atoms with Gasteiger partial charge < -0.3 is 5.32 Å². The molecule has 3 heteroatoms. The summed E-state index contributed by atoms with van der Waals surface area (Å²) in [5.74, 6) is 0. The van der Waals surface area contributed by atoms with Gasteiger partial charge in [0.2, 0.25) is 0 Å². The van der Waals surface area contributed by atoms with Crippen molar-refractivity contribution in [3.63, 3.8) is 0 Å². The van der Waals surface area contributed by atoms with Crippen molar-refractivity contribution in [2.75, 3.05) is 26.2 Å². The lowest BCUT2D eigenvalue weighted by Gasteiger charge is -2.30. The smallest absolute Gasteiger partial charge is 0.109 e. The Morgan fingerprint density at radius 2 is 1.91 bits per heavy atom. The molecule has 60 valence electrons. The highest BCUT2D eigenvalue weighted by Crippen LogP contribution is 2.40. The first-order valence-electron chi connectivity index (χ1n) is 4.24. The van der Waals surface area contributed by atoms with E-state index in [1.54, 1.807) is 0 Å². The van der Waals surface area contributed by atoms with Crippen molar-refractivity contribution in [1.82, 2.24) is 10.2 Å². The van der Waals surface area contributed by atoms with Gasteiger partial charge in [-0.15, -0.1) is 0 Å².